The summed E-state index contributed by atoms with van der Waals surface area (Å²) in [6.45, 7) is 3.78. The van der Waals surface area contributed by atoms with Crippen LogP contribution in [0.5, 0.6) is 0 Å². The van der Waals surface area contributed by atoms with Crippen LogP contribution in [0.4, 0.5) is 0 Å². The number of hydrogen-bond acceptors (Lipinski definition) is 6. The van der Waals surface area contributed by atoms with Crippen LogP contribution in [0.15, 0.2) is 12.2 Å². The van der Waals surface area contributed by atoms with Crippen LogP contribution in [0.2, 0.25) is 0 Å². The third kappa shape index (κ3) is 23.4. The van der Waals surface area contributed by atoms with Gasteiger partial charge in [-0.2, -0.15) is 0 Å². The Morgan fingerprint density at radius 1 is 0.811 bits per heavy atom. The molecule has 0 aliphatic rings. The molecule has 0 rings (SSSR count). The molecule has 2 unspecified atom stereocenters. The Kier molecular flexibility index (Phi) is 25.2. The highest BCUT2D eigenvalue weighted by Gasteiger charge is 2.21. The maximum absolute atomic E-state index is 11.7. The second-order valence-electron chi connectivity index (χ2n) is 10.3. The first-order chi connectivity index (χ1) is 17.9. The number of carbonyl (C=O) groups excluding carboxylic acids is 1. The van der Waals surface area contributed by atoms with Gasteiger partial charge in [0.2, 0.25) is 0 Å². The summed E-state index contributed by atoms with van der Waals surface area (Å²) in [5, 5.41) is 9.57. The Bertz CT molecular complexity index is 566. The first-order valence-electron chi connectivity index (χ1n) is 14.7. The number of aliphatic carboxylic acids is 1. The van der Waals surface area contributed by atoms with Crippen LogP contribution in [0.1, 0.15) is 116 Å². The summed E-state index contributed by atoms with van der Waals surface area (Å²) in [5.74, 6) is -1.03. The van der Waals surface area contributed by atoms with Crippen molar-refractivity contribution in [3.05, 3.63) is 12.2 Å². The Hall–Kier alpha value is -1.44. The molecule has 7 heteroatoms. The number of carbonyl (C=O) groups is 2. The van der Waals surface area contributed by atoms with Crippen molar-refractivity contribution < 1.29 is 28.9 Å². The predicted octanol–water partition coefficient (Wildman–Crippen LogP) is 6.78. The van der Waals surface area contributed by atoms with Gasteiger partial charge in [0.15, 0.2) is 6.10 Å². The third-order valence-corrected chi connectivity index (χ3v) is 6.68. The van der Waals surface area contributed by atoms with Crippen LogP contribution in [-0.2, 0) is 23.8 Å². The van der Waals surface area contributed by atoms with Gasteiger partial charge in [0.1, 0.15) is 0 Å². The van der Waals surface area contributed by atoms with E-state index in [1.165, 1.54) is 45.6 Å². The molecule has 0 aromatic rings. The molecule has 0 aromatic heterocycles. The maximum atomic E-state index is 11.7. The summed E-state index contributed by atoms with van der Waals surface area (Å²) < 4.78 is 16.3. The van der Waals surface area contributed by atoms with Crippen LogP contribution < -0.4 is 0 Å². The number of ether oxygens (including phenoxy) is 3. The zero-order valence-corrected chi connectivity index (χ0v) is 24.4. The van der Waals surface area contributed by atoms with Gasteiger partial charge in [-0.25, -0.2) is 4.79 Å². The average Bonchev–Trinajstić information content (AvgIpc) is 2.87. The lowest BCUT2D eigenvalue weighted by atomic mass is 10.1. The highest BCUT2D eigenvalue weighted by Crippen LogP contribution is 2.12. The molecule has 0 aliphatic heterocycles. The minimum atomic E-state index is -0.885. The number of allylic oxidation sites excluding steroid dienone is 2. The maximum Gasteiger partial charge on any atom is 0.332 e. The quantitative estimate of drug-likeness (QED) is 0.0715. The minimum absolute atomic E-state index is 0.0202. The predicted molar refractivity (Wildman–Crippen MR) is 151 cm³/mol. The van der Waals surface area contributed by atoms with E-state index in [9.17, 15) is 14.7 Å². The number of unbranched alkanes of at least 4 members (excludes halogenated alkanes) is 12. The van der Waals surface area contributed by atoms with Crippen molar-refractivity contribution in [2.75, 3.05) is 41.0 Å². The highest BCUT2D eigenvalue weighted by atomic mass is 16.5. The Morgan fingerprint density at radius 2 is 1.41 bits per heavy atom. The number of carboxylic acid groups (broad SMARTS) is 1. The Morgan fingerprint density at radius 3 is 2.03 bits per heavy atom. The second-order valence-corrected chi connectivity index (χ2v) is 10.3. The van der Waals surface area contributed by atoms with Gasteiger partial charge in [-0.3, -0.25) is 4.79 Å². The summed E-state index contributed by atoms with van der Waals surface area (Å²) in [6.07, 6.45) is 21.7. The van der Waals surface area contributed by atoms with Gasteiger partial charge in [-0.15, -0.1) is 0 Å². The summed E-state index contributed by atoms with van der Waals surface area (Å²) >= 11 is 0. The van der Waals surface area contributed by atoms with Gasteiger partial charge < -0.3 is 24.2 Å². The van der Waals surface area contributed by atoms with Crippen LogP contribution in [0.25, 0.3) is 0 Å². The van der Waals surface area contributed by atoms with E-state index in [1.54, 1.807) is 0 Å². The number of likely N-dealkylation sites (N-methyl/N-ethyl adjacent to an activating group) is 1. The normalized spacial score (nSPS) is 13.3. The molecule has 0 spiro atoms. The van der Waals surface area contributed by atoms with Gasteiger partial charge in [0, 0.05) is 13.0 Å². The van der Waals surface area contributed by atoms with E-state index in [4.69, 9.17) is 9.47 Å². The van der Waals surface area contributed by atoms with E-state index in [0.29, 0.717) is 32.7 Å². The van der Waals surface area contributed by atoms with E-state index in [0.717, 1.165) is 57.8 Å². The summed E-state index contributed by atoms with van der Waals surface area (Å²) in [7, 11) is 5.35. The third-order valence-electron chi connectivity index (χ3n) is 6.68. The molecule has 0 aliphatic carbocycles. The topological polar surface area (TPSA) is 85.3 Å². The molecule has 2 atom stereocenters. The monoisotopic (exact) mass is 527 g/mol. The lowest BCUT2D eigenvalue weighted by Crippen LogP contribution is -2.39. The molecule has 218 valence electrons. The fourth-order valence-electron chi connectivity index (χ4n) is 4.05. The highest BCUT2D eigenvalue weighted by molar-refractivity contribution is 5.72. The number of carboxylic acids is 1. The van der Waals surface area contributed by atoms with Crippen LogP contribution in [0, 0.1) is 0 Å². The van der Waals surface area contributed by atoms with E-state index >= 15 is 0 Å². The summed E-state index contributed by atoms with van der Waals surface area (Å²) in [5.41, 5.74) is 0. The minimum Gasteiger partial charge on any atom is -0.479 e. The van der Waals surface area contributed by atoms with Gasteiger partial charge in [0.05, 0.1) is 26.4 Å². The molecule has 0 saturated heterocycles. The molecule has 0 fully saturated rings. The van der Waals surface area contributed by atoms with Gasteiger partial charge in [0.25, 0.3) is 0 Å². The van der Waals surface area contributed by atoms with E-state index < -0.39 is 12.1 Å². The molecule has 37 heavy (non-hydrogen) atoms. The van der Waals surface area contributed by atoms with E-state index in [1.807, 2.05) is 19.0 Å². The average molecular weight is 528 g/mol. The molecule has 1 N–H and O–H groups in total. The largest absolute Gasteiger partial charge is 0.479 e. The van der Waals surface area contributed by atoms with Crippen molar-refractivity contribution in [2.24, 2.45) is 0 Å². The van der Waals surface area contributed by atoms with Crippen molar-refractivity contribution in [3.8, 4) is 0 Å². The molecular weight excluding hydrogens is 470 g/mol. The zero-order valence-electron chi connectivity index (χ0n) is 24.4. The number of hydrogen-bond donors (Lipinski definition) is 1. The zero-order chi connectivity index (χ0) is 27.6. The van der Waals surface area contributed by atoms with Crippen molar-refractivity contribution >= 4 is 11.9 Å². The fraction of sp³-hybridized carbons (Fsp3) is 0.867. The van der Waals surface area contributed by atoms with Gasteiger partial charge in [-0.05, 0) is 65.5 Å². The lowest BCUT2D eigenvalue weighted by molar-refractivity contribution is -0.152. The van der Waals surface area contributed by atoms with Gasteiger partial charge in [-0.1, -0.05) is 70.4 Å². The lowest BCUT2D eigenvalue weighted by Gasteiger charge is -2.25. The SMILES string of the molecule is CCCCCCCCC=CCCCCC(OCC(COCCCCCCCC(=O)OC)N(C)C)C(=O)O. The number of nitrogens with zero attached hydrogens (tertiary/aromatic N) is 1. The first kappa shape index (κ1) is 35.6. The van der Waals surface area contributed by atoms with Gasteiger partial charge >= 0.3 is 11.9 Å². The molecule has 0 bridgehead atoms. The van der Waals surface area contributed by atoms with E-state index in [-0.39, 0.29) is 12.0 Å². The fourth-order valence-corrected chi connectivity index (χ4v) is 4.05. The smallest absolute Gasteiger partial charge is 0.332 e. The molecule has 0 saturated carbocycles. The number of esters is 1. The molecular formula is C30H57NO6. The van der Waals surface area contributed by atoms with Crippen LogP contribution >= 0.6 is 0 Å². The van der Waals surface area contributed by atoms with Crippen LogP contribution in [-0.4, -0.2) is 75.1 Å². The summed E-state index contributed by atoms with van der Waals surface area (Å²) in [6, 6.07) is 0.0202. The molecule has 7 nitrogen and oxygen atoms in total. The molecule has 0 heterocycles. The van der Waals surface area contributed by atoms with Crippen molar-refractivity contribution in [1.29, 1.82) is 0 Å². The van der Waals surface area contributed by atoms with Crippen LogP contribution in [0.3, 0.4) is 0 Å². The van der Waals surface area contributed by atoms with Crippen molar-refractivity contribution in [2.45, 2.75) is 128 Å². The molecule has 0 aromatic carbocycles. The van der Waals surface area contributed by atoms with E-state index in [2.05, 4.69) is 23.8 Å². The van der Waals surface area contributed by atoms with Crippen molar-refractivity contribution in [3.63, 3.8) is 0 Å². The summed E-state index contributed by atoms with van der Waals surface area (Å²) in [4.78, 5) is 24.8. The number of methoxy groups -OCH3 is 1. The van der Waals surface area contributed by atoms with Crippen molar-refractivity contribution in [1.82, 2.24) is 4.90 Å². The number of rotatable bonds is 27. The second kappa shape index (κ2) is 26.2. The standard InChI is InChI=1S/C30H57NO6/c1-5-6-7-8-9-10-11-12-13-14-16-19-22-28(30(33)34)37-26-27(31(2)3)25-36-24-21-18-15-17-20-23-29(32)35-4/h12-13,27-28H,5-11,14-26H2,1-4H3,(H,33,34). The molecule has 0 radical (unpaired) electrons. The Labute approximate surface area is 227 Å². The molecule has 0 amide bonds. The first-order valence-corrected chi connectivity index (χ1v) is 14.7. The Balaban J connectivity index is 3.94.